The van der Waals surface area contributed by atoms with Crippen LogP contribution in [0.4, 0.5) is 11.4 Å². The quantitative estimate of drug-likeness (QED) is 0.636. The molecule has 2 rings (SSSR count). The SMILES string of the molecule is Cc1cc([N+](=O)[O-])ccc1NC(C)c1ccc(Br)s1. The van der Waals surface area contributed by atoms with E-state index >= 15 is 0 Å². The number of thiophene rings is 1. The van der Waals surface area contributed by atoms with E-state index in [4.69, 9.17) is 0 Å². The first-order valence-corrected chi connectivity index (χ1v) is 7.35. The van der Waals surface area contributed by atoms with Crippen LogP contribution >= 0.6 is 27.3 Å². The van der Waals surface area contributed by atoms with E-state index in [-0.39, 0.29) is 16.7 Å². The number of nitro benzene ring substituents is 1. The van der Waals surface area contributed by atoms with Crippen molar-refractivity contribution in [3.63, 3.8) is 0 Å². The number of non-ortho nitro benzene ring substituents is 1. The van der Waals surface area contributed by atoms with Gasteiger partial charge in [-0.05, 0) is 53.5 Å². The van der Waals surface area contributed by atoms with Gasteiger partial charge >= 0.3 is 0 Å². The summed E-state index contributed by atoms with van der Waals surface area (Å²) < 4.78 is 1.09. The van der Waals surface area contributed by atoms with Crippen LogP contribution in [0.2, 0.25) is 0 Å². The molecule has 4 nitrogen and oxygen atoms in total. The van der Waals surface area contributed by atoms with Crippen molar-refractivity contribution < 1.29 is 4.92 Å². The van der Waals surface area contributed by atoms with E-state index in [1.807, 2.05) is 13.0 Å². The number of rotatable bonds is 4. The number of nitrogens with one attached hydrogen (secondary N) is 1. The number of hydrogen-bond donors (Lipinski definition) is 1. The lowest BCUT2D eigenvalue weighted by Crippen LogP contribution is -2.06. The zero-order valence-electron chi connectivity index (χ0n) is 10.5. The summed E-state index contributed by atoms with van der Waals surface area (Å²) in [5.74, 6) is 0. The number of aryl methyl sites for hydroxylation is 1. The Balaban J connectivity index is 2.17. The van der Waals surface area contributed by atoms with Gasteiger partial charge < -0.3 is 5.32 Å². The van der Waals surface area contributed by atoms with Crippen molar-refractivity contribution in [2.24, 2.45) is 0 Å². The van der Waals surface area contributed by atoms with E-state index in [0.29, 0.717) is 0 Å². The van der Waals surface area contributed by atoms with Gasteiger partial charge in [-0.1, -0.05) is 0 Å². The Bertz CT molecular complexity index is 612. The minimum absolute atomic E-state index is 0.120. The van der Waals surface area contributed by atoms with E-state index in [1.54, 1.807) is 23.5 Å². The second kappa shape index (κ2) is 5.71. The van der Waals surface area contributed by atoms with Crippen LogP contribution in [0.25, 0.3) is 0 Å². The average Bonchev–Trinajstić information content (AvgIpc) is 2.78. The molecule has 0 saturated heterocycles. The Hall–Kier alpha value is -1.40. The van der Waals surface area contributed by atoms with Gasteiger partial charge in [0.15, 0.2) is 0 Å². The maximum atomic E-state index is 10.7. The highest BCUT2D eigenvalue weighted by molar-refractivity contribution is 9.11. The zero-order valence-corrected chi connectivity index (χ0v) is 12.9. The summed E-state index contributed by atoms with van der Waals surface area (Å²) in [6, 6.07) is 9.10. The third-order valence-electron chi connectivity index (χ3n) is 2.81. The van der Waals surface area contributed by atoms with Crippen LogP contribution in [0.3, 0.4) is 0 Å². The van der Waals surface area contributed by atoms with Crippen LogP contribution in [0.1, 0.15) is 23.4 Å². The van der Waals surface area contributed by atoms with Crippen molar-refractivity contribution >= 4 is 38.6 Å². The molecule has 1 N–H and O–H groups in total. The van der Waals surface area contributed by atoms with Crippen molar-refractivity contribution in [2.45, 2.75) is 19.9 Å². The van der Waals surface area contributed by atoms with Gasteiger partial charge in [-0.3, -0.25) is 10.1 Å². The van der Waals surface area contributed by atoms with Crippen molar-refractivity contribution in [2.75, 3.05) is 5.32 Å². The highest BCUT2D eigenvalue weighted by Crippen LogP contribution is 2.30. The lowest BCUT2D eigenvalue weighted by molar-refractivity contribution is -0.384. The highest BCUT2D eigenvalue weighted by atomic mass is 79.9. The maximum absolute atomic E-state index is 10.7. The molecule has 100 valence electrons. The number of anilines is 1. The minimum Gasteiger partial charge on any atom is -0.377 e. The van der Waals surface area contributed by atoms with Crippen molar-refractivity contribution in [3.8, 4) is 0 Å². The minimum atomic E-state index is -0.378. The van der Waals surface area contributed by atoms with E-state index in [1.165, 1.54) is 10.9 Å². The molecule has 0 radical (unpaired) electrons. The molecular formula is C13H13BrN2O2S. The Morgan fingerprint density at radius 2 is 2.11 bits per heavy atom. The zero-order chi connectivity index (χ0) is 14.0. The first-order chi connectivity index (χ1) is 8.97. The van der Waals surface area contributed by atoms with E-state index in [9.17, 15) is 10.1 Å². The topological polar surface area (TPSA) is 55.2 Å². The summed E-state index contributed by atoms with van der Waals surface area (Å²) >= 11 is 5.12. The van der Waals surface area contributed by atoms with Gasteiger partial charge in [0, 0.05) is 22.7 Å². The molecule has 0 aliphatic heterocycles. The van der Waals surface area contributed by atoms with Gasteiger partial charge in [-0.2, -0.15) is 0 Å². The molecule has 1 aromatic carbocycles. The molecule has 0 saturated carbocycles. The van der Waals surface area contributed by atoms with Crippen molar-refractivity contribution in [1.29, 1.82) is 0 Å². The van der Waals surface area contributed by atoms with E-state index in [2.05, 4.69) is 34.2 Å². The lowest BCUT2D eigenvalue weighted by atomic mass is 10.1. The Morgan fingerprint density at radius 3 is 2.63 bits per heavy atom. The number of nitro groups is 1. The molecule has 1 aromatic heterocycles. The third-order valence-corrected chi connectivity index (χ3v) is 4.62. The van der Waals surface area contributed by atoms with Gasteiger partial charge in [0.2, 0.25) is 0 Å². The monoisotopic (exact) mass is 340 g/mol. The summed E-state index contributed by atoms with van der Waals surface area (Å²) in [5, 5.41) is 14.1. The molecule has 0 fully saturated rings. The van der Waals surface area contributed by atoms with Crippen LogP contribution in [0.5, 0.6) is 0 Å². The average molecular weight is 341 g/mol. The number of nitrogens with zero attached hydrogens (tertiary/aromatic N) is 1. The first-order valence-electron chi connectivity index (χ1n) is 5.74. The van der Waals surface area contributed by atoms with Gasteiger partial charge in [0.25, 0.3) is 5.69 Å². The van der Waals surface area contributed by atoms with Crippen LogP contribution in [-0.2, 0) is 0 Å². The highest BCUT2D eigenvalue weighted by Gasteiger charge is 2.12. The molecule has 1 heterocycles. The van der Waals surface area contributed by atoms with Gasteiger partial charge in [-0.15, -0.1) is 11.3 Å². The fourth-order valence-corrected chi connectivity index (χ4v) is 3.21. The molecule has 2 aromatic rings. The molecule has 0 aliphatic carbocycles. The van der Waals surface area contributed by atoms with E-state index in [0.717, 1.165) is 15.0 Å². The van der Waals surface area contributed by atoms with Gasteiger partial charge in [-0.25, -0.2) is 0 Å². The normalized spacial score (nSPS) is 12.2. The standard InChI is InChI=1S/C13H13BrN2O2S/c1-8-7-10(16(17)18)3-4-11(8)15-9(2)12-5-6-13(14)19-12/h3-7,9,15H,1-2H3. The first kappa shape index (κ1) is 14.0. The maximum Gasteiger partial charge on any atom is 0.269 e. The van der Waals surface area contributed by atoms with Crippen LogP contribution < -0.4 is 5.32 Å². The molecule has 19 heavy (non-hydrogen) atoms. The lowest BCUT2D eigenvalue weighted by Gasteiger charge is -2.15. The smallest absolute Gasteiger partial charge is 0.269 e. The van der Waals surface area contributed by atoms with Crippen LogP contribution in [0, 0.1) is 17.0 Å². The number of halogens is 1. The summed E-state index contributed by atoms with van der Waals surface area (Å²) in [7, 11) is 0. The van der Waals surface area contributed by atoms with Crippen molar-refractivity contribution in [1.82, 2.24) is 0 Å². The molecular weight excluding hydrogens is 328 g/mol. The fourth-order valence-electron chi connectivity index (χ4n) is 1.79. The predicted octanol–water partition coefficient (Wildman–Crippen LogP) is 4.90. The molecule has 0 bridgehead atoms. The summed E-state index contributed by atoms with van der Waals surface area (Å²) in [6.45, 7) is 3.94. The second-order valence-corrected chi connectivity index (χ2v) is 6.76. The van der Waals surface area contributed by atoms with E-state index < -0.39 is 0 Å². The summed E-state index contributed by atoms with van der Waals surface area (Å²) in [5.41, 5.74) is 1.91. The Labute approximate surface area is 123 Å². The Morgan fingerprint density at radius 1 is 1.37 bits per heavy atom. The van der Waals surface area contributed by atoms with Crippen molar-refractivity contribution in [3.05, 3.63) is 54.7 Å². The molecule has 0 amide bonds. The Kier molecular flexibility index (Phi) is 4.21. The van der Waals surface area contributed by atoms with Gasteiger partial charge in [0.05, 0.1) is 14.8 Å². The fraction of sp³-hybridized carbons (Fsp3) is 0.231. The molecule has 0 spiro atoms. The third kappa shape index (κ3) is 3.33. The predicted molar refractivity (Wildman–Crippen MR) is 81.9 cm³/mol. The van der Waals surface area contributed by atoms with Crippen LogP contribution in [0.15, 0.2) is 34.1 Å². The molecule has 0 aliphatic rings. The molecule has 6 heteroatoms. The molecule has 1 atom stereocenters. The largest absolute Gasteiger partial charge is 0.377 e. The number of benzene rings is 1. The molecule has 1 unspecified atom stereocenters. The number of hydrogen-bond acceptors (Lipinski definition) is 4. The summed E-state index contributed by atoms with van der Waals surface area (Å²) in [6.07, 6.45) is 0. The van der Waals surface area contributed by atoms with Gasteiger partial charge in [0.1, 0.15) is 0 Å². The summed E-state index contributed by atoms with van der Waals surface area (Å²) in [4.78, 5) is 11.5. The second-order valence-electron chi connectivity index (χ2n) is 4.26. The van der Waals surface area contributed by atoms with Crippen LogP contribution in [-0.4, -0.2) is 4.92 Å².